The molecule has 0 saturated carbocycles. The van der Waals surface area contributed by atoms with Crippen molar-refractivity contribution in [1.29, 1.82) is 0 Å². The number of aromatic amines is 1. The molecule has 0 aromatic carbocycles. The number of pyridine rings is 1. The number of aromatic nitrogens is 3. The molecule has 0 radical (unpaired) electrons. The molecule has 0 saturated heterocycles. The Morgan fingerprint density at radius 2 is 2.25 bits per heavy atom. The number of H-pyrrole nitrogens is 1. The average Bonchev–Trinajstić information content (AvgIpc) is 2.63. The highest BCUT2D eigenvalue weighted by Gasteiger charge is 2.23. The van der Waals surface area contributed by atoms with E-state index in [1.54, 1.807) is 6.20 Å². The Bertz CT molecular complexity index is 797. The summed E-state index contributed by atoms with van der Waals surface area (Å²) in [5.41, 5.74) is 2.46. The van der Waals surface area contributed by atoms with E-state index in [2.05, 4.69) is 27.0 Å². The summed E-state index contributed by atoms with van der Waals surface area (Å²) in [6, 6.07) is 5.64. The van der Waals surface area contributed by atoms with E-state index in [4.69, 9.17) is 4.98 Å². The van der Waals surface area contributed by atoms with Gasteiger partial charge >= 0.3 is 0 Å². The van der Waals surface area contributed by atoms with Crippen LogP contribution in [-0.2, 0) is 13.0 Å². The number of hydrogen-bond acceptors (Lipinski definition) is 4. The van der Waals surface area contributed by atoms with Crippen LogP contribution in [-0.4, -0.2) is 32.9 Å². The van der Waals surface area contributed by atoms with E-state index in [-0.39, 0.29) is 5.56 Å². The van der Waals surface area contributed by atoms with Crippen LogP contribution in [0.3, 0.4) is 0 Å². The Morgan fingerprint density at radius 3 is 3.04 bits per heavy atom. The van der Waals surface area contributed by atoms with Crippen molar-refractivity contribution in [3.8, 4) is 11.5 Å². The molecule has 1 unspecified atom stereocenters. The summed E-state index contributed by atoms with van der Waals surface area (Å²) in [5, 5.41) is 0. The van der Waals surface area contributed by atoms with Crippen LogP contribution >= 0.6 is 0 Å². The lowest BCUT2D eigenvalue weighted by atomic mass is 9.93. The number of rotatable bonds is 3. The predicted molar refractivity (Wildman–Crippen MR) is 93.6 cm³/mol. The Kier molecular flexibility index (Phi) is 4.26. The van der Waals surface area contributed by atoms with E-state index in [1.165, 1.54) is 19.3 Å². The molecule has 5 heteroatoms. The van der Waals surface area contributed by atoms with Crippen LogP contribution in [0.4, 0.5) is 0 Å². The molecule has 24 heavy (non-hydrogen) atoms. The van der Waals surface area contributed by atoms with Crippen LogP contribution in [0.2, 0.25) is 0 Å². The van der Waals surface area contributed by atoms with E-state index in [0.717, 1.165) is 43.2 Å². The molecule has 2 aliphatic rings. The molecule has 5 nitrogen and oxygen atoms in total. The minimum Gasteiger partial charge on any atom is -0.305 e. The molecule has 1 aliphatic carbocycles. The van der Waals surface area contributed by atoms with Gasteiger partial charge in [0.25, 0.3) is 5.56 Å². The third-order valence-corrected chi connectivity index (χ3v) is 4.95. The summed E-state index contributed by atoms with van der Waals surface area (Å²) in [4.78, 5) is 26.8. The van der Waals surface area contributed by atoms with Crippen molar-refractivity contribution < 1.29 is 0 Å². The second kappa shape index (κ2) is 6.69. The standard InChI is InChI=1S/C19H22N4O/c24-19-15-9-11-23(12-14-6-2-1-3-7-14)13-17(15)21-18(22-19)16-8-4-5-10-20-16/h1-2,4-5,8,10,14H,3,6-7,9,11-13H2,(H,21,22,24). The third kappa shape index (κ3) is 3.17. The fourth-order valence-corrected chi connectivity index (χ4v) is 3.66. The zero-order valence-electron chi connectivity index (χ0n) is 13.7. The predicted octanol–water partition coefficient (Wildman–Crippen LogP) is 2.55. The molecule has 124 valence electrons. The van der Waals surface area contributed by atoms with Crippen LogP contribution in [0.1, 0.15) is 30.5 Å². The Morgan fingerprint density at radius 1 is 1.29 bits per heavy atom. The van der Waals surface area contributed by atoms with Gasteiger partial charge in [-0.15, -0.1) is 0 Å². The maximum absolute atomic E-state index is 12.4. The largest absolute Gasteiger partial charge is 0.305 e. The fraction of sp³-hybridized carbons (Fsp3) is 0.421. The summed E-state index contributed by atoms with van der Waals surface area (Å²) in [7, 11) is 0. The lowest BCUT2D eigenvalue weighted by Crippen LogP contribution is -2.38. The molecular weight excluding hydrogens is 300 g/mol. The van der Waals surface area contributed by atoms with E-state index >= 15 is 0 Å². The molecule has 2 aromatic heterocycles. The molecule has 0 spiro atoms. The van der Waals surface area contributed by atoms with Crippen molar-refractivity contribution in [2.45, 2.75) is 32.2 Å². The number of nitrogens with one attached hydrogen (secondary N) is 1. The van der Waals surface area contributed by atoms with Crippen molar-refractivity contribution in [2.24, 2.45) is 5.92 Å². The van der Waals surface area contributed by atoms with Crippen LogP contribution in [0.25, 0.3) is 11.5 Å². The summed E-state index contributed by atoms with van der Waals surface area (Å²) in [5.74, 6) is 1.30. The van der Waals surface area contributed by atoms with Gasteiger partial charge in [0.1, 0.15) is 5.69 Å². The van der Waals surface area contributed by atoms with Crippen LogP contribution < -0.4 is 5.56 Å². The van der Waals surface area contributed by atoms with Crippen LogP contribution in [0.15, 0.2) is 41.3 Å². The van der Waals surface area contributed by atoms with Gasteiger partial charge < -0.3 is 4.98 Å². The zero-order chi connectivity index (χ0) is 16.4. The second-order valence-electron chi connectivity index (χ2n) is 6.69. The third-order valence-electron chi connectivity index (χ3n) is 4.95. The maximum Gasteiger partial charge on any atom is 0.254 e. The Balaban J connectivity index is 1.57. The lowest BCUT2D eigenvalue weighted by molar-refractivity contribution is 0.203. The highest BCUT2D eigenvalue weighted by Crippen LogP contribution is 2.23. The van der Waals surface area contributed by atoms with Gasteiger partial charge in [-0.05, 0) is 43.7 Å². The van der Waals surface area contributed by atoms with Gasteiger partial charge in [-0.25, -0.2) is 4.98 Å². The maximum atomic E-state index is 12.4. The zero-order valence-corrected chi connectivity index (χ0v) is 13.7. The van der Waals surface area contributed by atoms with Gasteiger partial charge in [-0.3, -0.25) is 14.7 Å². The highest BCUT2D eigenvalue weighted by atomic mass is 16.1. The molecule has 4 rings (SSSR count). The van der Waals surface area contributed by atoms with Crippen molar-refractivity contribution in [3.63, 3.8) is 0 Å². The molecule has 1 aliphatic heterocycles. The SMILES string of the molecule is O=c1[nH]c(-c2ccccn2)nc2c1CCN(CC1CC=CCC1)C2. The monoisotopic (exact) mass is 322 g/mol. The Hall–Kier alpha value is -2.27. The first-order chi connectivity index (χ1) is 11.8. The highest BCUT2D eigenvalue weighted by molar-refractivity contribution is 5.49. The molecule has 1 atom stereocenters. The van der Waals surface area contributed by atoms with Gasteiger partial charge in [0.15, 0.2) is 5.82 Å². The van der Waals surface area contributed by atoms with Gasteiger partial charge in [0.2, 0.25) is 0 Å². The van der Waals surface area contributed by atoms with Crippen molar-refractivity contribution in [1.82, 2.24) is 19.9 Å². The van der Waals surface area contributed by atoms with E-state index in [9.17, 15) is 4.79 Å². The van der Waals surface area contributed by atoms with Crippen molar-refractivity contribution in [3.05, 3.63) is 58.2 Å². The van der Waals surface area contributed by atoms with Gasteiger partial charge in [0.05, 0.1) is 5.69 Å². The smallest absolute Gasteiger partial charge is 0.254 e. The van der Waals surface area contributed by atoms with Crippen LogP contribution in [0, 0.1) is 5.92 Å². The normalized spacial score (nSPS) is 20.8. The molecule has 3 heterocycles. The Labute approximate surface area is 141 Å². The molecule has 0 amide bonds. The fourth-order valence-electron chi connectivity index (χ4n) is 3.66. The molecular formula is C19H22N4O. The summed E-state index contributed by atoms with van der Waals surface area (Å²) in [6.45, 7) is 2.80. The molecule has 0 fully saturated rings. The second-order valence-corrected chi connectivity index (χ2v) is 6.69. The quantitative estimate of drug-likeness (QED) is 0.882. The minimum absolute atomic E-state index is 0.0131. The molecule has 2 aromatic rings. The lowest BCUT2D eigenvalue weighted by Gasteiger charge is -2.31. The van der Waals surface area contributed by atoms with Crippen molar-refractivity contribution >= 4 is 0 Å². The summed E-state index contributed by atoms with van der Waals surface area (Å²) < 4.78 is 0. The van der Waals surface area contributed by atoms with Gasteiger partial charge in [-0.2, -0.15) is 0 Å². The van der Waals surface area contributed by atoms with Gasteiger partial charge in [-0.1, -0.05) is 18.2 Å². The van der Waals surface area contributed by atoms with Crippen LogP contribution in [0.5, 0.6) is 0 Å². The molecule has 1 N–H and O–H groups in total. The number of nitrogens with zero attached hydrogens (tertiary/aromatic N) is 3. The van der Waals surface area contributed by atoms with Crippen molar-refractivity contribution in [2.75, 3.05) is 13.1 Å². The number of hydrogen-bond donors (Lipinski definition) is 1. The van der Waals surface area contributed by atoms with E-state index in [0.29, 0.717) is 11.5 Å². The summed E-state index contributed by atoms with van der Waals surface area (Å²) in [6.07, 6.45) is 10.7. The number of allylic oxidation sites excluding steroid dienone is 2. The van der Waals surface area contributed by atoms with Gasteiger partial charge in [0, 0.05) is 31.4 Å². The first-order valence-corrected chi connectivity index (χ1v) is 8.70. The van der Waals surface area contributed by atoms with E-state index in [1.807, 2.05) is 18.2 Å². The molecule has 0 bridgehead atoms. The first-order valence-electron chi connectivity index (χ1n) is 8.70. The minimum atomic E-state index is -0.0131. The average molecular weight is 322 g/mol. The topological polar surface area (TPSA) is 61.9 Å². The number of fused-ring (bicyclic) bond motifs is 1. The summed E-state index contributed by atoms with van der Waals surface area (Å²) >= 11 is 0. The van der Waals surface area contributed by atoms with E-state index < -0.39 is 0 Å². The first kappa shape index (κ1) is 15.3.